The molecule has 1 aliphatic rings. The van der Waals surface area contributed by atoms with Crippen LogP contribution in [-0.2, 0) is 17.7 Å². The van der Waals surface area contributed by atoms with Crippen LogP contribution >= 0.6 is 22.9 Å². The molecule has 29 heavy (non-hydrogen) atoms. The first-order valence-corrected chi connectivity index (χ1v) is 10.7. The quantitative estimate of drug-likeness (QED) is 0.502. The minimum Gasteiger partial charge on any atom is -0.493 e. The number of methoxy groups -OCH3 is 1. The number of rotatable bonds is 8. The molecule has 1 N–H and O–H groups in total. The average Bonchev–Trinajstić information content (AvgIpc) is 3.16. The molecule has 2 aromatic rings. The van der Waals surface area contributed by atoms with Gasteiger partial charge in [0.1, 0.15) is 0 Å². The predicted octanol–water partition coefficient (Wildman–Crippen LogP) is 3.34. The first kappa shape index (κ1) is 21.6. The molecular weight excluding hydrogens is 414 g/mol. The van der Waals surface area contributed by atoms with Gasteiger partial charge in [0, 0.05) is 50.7 Å². The number of fused-ring (bicyclic) bond motifs is 1. The van der Waals surface area contributed by atoms with Gasteiger partial charge in [-0.05, 0) is 13.3 Å². The van der Waals surface area contributed by atoms with Crippen LogP contribution in [-0.4, -0.2) is 56.5 Å². The lowest BCUT2D eigenvalue weighted by molar-refractivity contribution is 0.145. The Balaban J connectivity index is 1.62. The Morgan fingerprint density at radius 3 is 3.07 bits per heavy atom. The van der Waals surface area contributed by atoms with Gasteiger partial charge >= 0.3 is 6.03 Å². The summed E-state index contributed by atoms with van der Waals surface area (Å²) in [6.07, 6.45) is 3.34. The Bertz CT molecular complexity index is 847. The van der Waals surface area contributed by atoms with Crippen molar-refractivity contribution in [2.45, 2.75) is 26.3 Å². The monoisotopic (exact) mass is 439 g/mol. The van der Waals surface area contributed by atoms with Crippen molar-refractivity contribution in [3.63, 3.8) is 0 Å². The fourth-order valence-corrected chi connectivity index (χ4v) is 4.26. The number of carbonyl (C=O) groups excluding carboxylic acids is 1. The summed E-state index contributed by atoms with van der Waals surface area (Å²) in [4.78, 5) is 26.2. The van der Waals surface area contributed by atoms with E-state index < -0.39 is 0 Å². The Labute approximate surface area is 179 Å². The van der Waals surface area contributed by atoms with Crippen LogP contribution in [0, 0.1) is 0 Å². The van der Waals surface area contributed by atoms with Gasteiger partial charge in [-0.2, -0.15) is 0 Å². The largest absolute Gasteiger partial charge is 0.493 e. The summed E-state index contributed by atoms with van der Waals surface area (Å²) < 4.78 is 10.6. The first-order chi connectivity index (χ1) is 14.0. The number of anilines is 2. The van der Waals surface area contributed by atoms with Gasteiger partial charge in [-0.3, -0.25) is 4.90 Å². The number of aromatic nitrogens is 2. The van der Waals surface area contributed by atoms with Crippen LogP contribution in [0.4, 0.5) is 15.6 Å². The molecule has 1 aliphatic heterocycles. The molecule has 3 rings (SSSR count). The third-order valence-electron chi connectivity index (χ3n) is 4.63. The van der Waals surface area contributed by atoms with Crippen molar-refractivity contribution in [3.05, 3.63) is 28.0 Å². The number of thiazole rings is 1. The number of carbonyl (C=O) groups is 1. The number of urea groups is 1. The van der Waals surface area contributed by atoms with E-state index in [1.807, 2.05) is 13.0 Å². The summed E-state index contributed by atoms with van der Waals surface area (Å²) >= 11 is 7.57. The van der Waals surface area contributed by atoms with Gasteiger partial charge in [-0.1, -0.05) is 22.9 Å². The first-order valence-electron chi connectivity index (χ1n) is 9.55. The van der Waals surface area contributed by atoms with Gasteiger partial charge in [0.15, 0.2) is 16.0 Å². The van der Waals surface area contributed by atoms with Crippen LogP contribution in [0.3, 0.4) is 0 Å². The molecule has 2 amide bonds. The SMILES string of the molecule is CCOCCCNC(=O)N(C)c1nc2c(s1)CN(c1cnc(Cl)c(OC)c1)CC2. The van der Waals surface area contributed by atoms with Crippen LogP contribution in [0.25, 0.3) is 0 Å². The van der Waals surface area contributed by atoms with Crippen LogP contribution in [0.2, 0.25) is 5.15 Å². The summed E-state index contributed by atoms with van der Waals surface area (Å²) in [7, 11) is 3.32. The maximum Gasteiger partial charge on any atom is 0.323 e. The summed E-state index contributed by atoms with van der Waals surface area (Å²) in [6.45, 7) is 5.39. The average molecular weight is 440 g/mol. The third kappa shape index (κ3) is 5.29. The van der Waals surface area contributed by atoms with Crippen LogP contribution in [0.5, 0.6) is 5.75 Å². The second kappa shape index (κ2) is 10.1. The molecular formula is C19H26ClN5O3S. The van der Waals surface area contributed by atoms with E-state index in [2.05, 4.69) is 20.2 Å². The zero-order valence-electron chi connectivity index (χ0n) is 16.9. The van der Waals surface area contributed by atoms with E-state index in [-0.39, 0.29) is 6.03 Å². The zero-order chi connectivity index (χ0) is 20.8. The van der Waals surface area contributed by atoms with Crippen LogP contribution in [0.1, 0.15) is 23.9 Å². The number of pyridine rings is 1. The van der Waals surface area contributed by atoms with E-state index in [9.17, 15) is 4.79 Å². The van der Waals surface area contributed by atoms with E-state index >= 15 is 0 Å². The number of ether oxygens (including phenoxy) is 2. The molecule has 0 radical (unpaired) electrons. The lowest BCUT2D eigenvalue weighted by Gasteiger charge is -2.28. The topological polar surface area (TPSA) is 79.8 Å². The van der Waals surface area contributed by atoms with E-state index in [4.69, 9.17) is 21.1 Å². The molecule has 8 nitrogen and oxygen atoms in total. The van der Waals surface area contributed by atoms with Crippen molar-refractivity contribution in [1.82, 2.24) is 15.3 Å². The molecule has 0 saturated carbocycles. The van der Waals surface area contributed by atoms with Gasteiger partial charge in [-0.15, -0.1) is 0 Å². The van der Waals surface area contributed by atoms with Crippen LogP contribution in [0.15, 0.2) is 12.3 Å². The summed E-state index contributed by atoms with van der Waals surface area (Å²) in [5.41, 5.74) is 2.00. The highest BCUT2D eigenvalue weighted by molar-refractivity contribution is 7.16. The molecule has 10 heteroatoms. The van der Waals surface area contributed by atoms with E-state index in [1.54, 1.807) is 36.6 Å². The summed E-state index contributed by atoms with van der Waals surface area (Å²) in [6, 6.07) is 1.74. The summed E-state index contributed by atoms with van der Waals surface area (Å²) in [5, 5.41) is 3.95. The van der Waals surface area contributed by atoms with Gasteiger partial charge in [0.2, 0.25) is 0 Å². The van der Waals surface area contributed by atoms with E-state index in [0.29, 0.717) is 42.3 Å². The predicted molar refractivity (Wildman–Crippen MR) is 116 cm³/mol. The number of hydrogen-bond acceptors (Lipinski definition) is 7. The Morgan fingerprint density at radius 2 is 2.31 bits per heavy atom. The fourth-order valence-electron chi connectivity index (χ4n) is 3.00. The smallest absolute Gasteiger partial charge is 0.323 e. The van der Waals surface area contributed by atoms with Crippen LogP contribution < -0.4 is 19.9 Å². The number of amides is 2. The highest BCUT2D eigenvalue weighted by Gasteiger charge is 2.24. The lowest BCUT2D eigenvalue weighted by Crippen LogP contribution is -2.38. The van der Waals surface area contributed by atoms with Crippen molar-refractivity contribution in [2.24, 2.45) is 0 Å². The Hall–Kier alpha value is -2.10. The molecule has 0 unspecified atom stereocenters. The van der Waals surface area contributed by atoms with Crippen molar-refractivity contribution in [3.8, 4) is 5.75 Å². The molecule has 0 bridgehead atoms. The van der Waals surface area contributed by atoms with Gasteiger partial charge < -0.3 is 19.7 Å². The molecule has 0 spiro atoms. The van der Waals surface area contributed by atoms with E-state index in [1.165, 1.54) is 0 Å². The number of hydrogen-bond donors (Lipinski definition) is 1. The maximum absolute atomic E-state index is 12.4. The minimum atomic E-state index is -0.156. The lowest BCUT2D eigenvalue weighted by atomic mass is 10.1. The highest BCUT2D eigenvalue weighted by Crippen LogP contribution is 2.34. The molecule has 0 saturated heterocycles. The Morgan fingerprint density at radius 1 is 1.48 bits per heavy atom. The molecule has 3 heterocycles. The second-order valence-electron chi connectivity index (χ2n) is 6.57. The van der Waals surface area contributed by atoms with Gasteiger partial charge in [-0.25, -0.2) is 14.8 Å². The molecule has 0 fully saturated rings. The maximum atomic E-state index is 12.4. The zero-order valence-corrected chi connectivity index (χ0v) is 18.5. The standard InChI is InChI=1S/C19H26ClN5O3S/c1-4-28-9-5-7-21-18(26)24(2)19-23-14-6-8-25(12-16(14)29-19)13-10-15(27-3)17(20)22-11-13/h10-11H,4-9,12H2,1-3H3,(H,21,26). The third-order valence-corrected chi connectivity index (χ3v) is 6.08. The Kier molecular flexibility index (Phi) is 7.51. The second-order valence-corrected chi connectivity index (χ2v) is 7.99. The highest BCUT2D eigenvalue weighted by atomic mass is 35.5. The molecule has 0 atom stereocenters. The van der Waals surface area contributed by atoms with Crippen molar-refractivity contribution < 1.29 is 14.3 Å². The number of halogens is 1. The molecule has 2 aromatic heterocycles. The summed E-state index contributed by atoms with van der Waals surface area (Å²) in [5.74, 6) is 0.556. The molecule has 158 valence electrons. The number of nitrogens with one attached hydrogen (secondary N) is 1. The van der Waals surface area contributed by atoms with E-state index in [0.717, 1.165) is 35.6 Å². The van der Waals surface area contributed by atoms with Crippen molar-refractivity contribution in [2.75, 3.05) is 50.3 Å². The normalized spacial score (nSPS) is 13.2. The van der Waals surface area contributed by atoms with Crippen molar-refractivity contribution in [1.29, 1.82) is 0 Å². The molecule has 0 aliphatic carbocycles. The minimum absolute atomic E-state index is 0.156. The van der Waals surface area contributed by atoms with Gasteiger partial charge in [0.25, 0.3) is 0 Å². The van der Waals surface area contributed by atoms with Gasteiger partial charge in [0.05, 0.1) is 31.2 Å². The number of nitrogens with zero attached hydrogens (tertiary/aromatic N) is 4. The van der Waals surface area contributed by atoms with Crippen molar-refractivity contribution >= 4 is 39.8 Å². The fraction of sp³-hybridized carbons (Fsp3) is 0.526. The molecule has 0 aromatic carbocycles.